The molecule has 5 nitrogen and oxygen atoms in total. The number of piperidine rings is 2. The van der Waals surface area contributed by atoms with Gasteiger partial charge >= 0.3 is 0 Å². The minimum absolute atomic E-state index is 0. The highest BCUT2D eigenvalue weighted by Gasteiger charge is 2.23. The maximum atomic E-state index is 12.9. The molecule has 0 atom stereocenters. The number of amides is 1. The maximum absolute atomic E-state index is 12.9. The van der Waals surface area contributed by atoms with E-state index in [1.54, 1.807) is 0 Å². The van der Waals surface area contributed by atoms with Crippen LogP contribution in [0.15, 0.2) is 42.5 Å². The molecule has 2 aromatic carbocycles. The molecule has 0 aliphatic carbocycles. The molecule has 2 aliphatic heterocycles. The van der Waals surface area contributed by atoms with Gasteiger partial charge in [0.2, 0.25) is 5.91 Å². The number of nitrogens with two attached hydrogens (primary N) is 1. The summed E-state index contributed by atoms with van der Waals surface area (Å²) < 4.78 is 0. The minimum atomic E-state index is 0. The molecule has 2 saturated heterocycles. The lowest BCUT2D eigenvalue weighted by Crippen LogP contribution is -2.41. The number of hydrogen-bond donors (Lipinski definition) is 2. The summed E-state index contributed by atoms with van der Waals surface area (Å²) in [6.07, 6.45) is 7.82. The fourth-order valence-corrected chi connectivity index (χ4v) is 5.45. The first-order valence-corrected chi connectivity index (χ1v) is 13.1. The molecule has 0 aromatic heterocycles. The third kappa shape index (κ3) is 7.67. The predicted octanol–water partition coefficient (Wildman–Crippen LogP) is 4.08. The number of nitrogens with zero attached hydrogens (tertiary/aromatic N) is 2. The van der Waals surface area contributed by atoms with Gasteiger partial charge in [-0.15, -0.1) is 12.4 Å². The van der Waals surface area contributed by atoms with Crippen molar-refractivity contribution in [3.63, 3.8) is 0 Å². The van der Waals surface area contributed by atoms with Gasteiger partial charge in [0.05, 0.1) is 6.42 Å². The number of fused-ring (bicyclic) bond motifs is 1. The van der Waals surface area contributed by atoms with E-state index in [9.17, 15) is 4.79 Å². The Labute approximate surface area is 211 Å². The Bertz CT molecular complexity index is 870. The first kappa shape index (κ1) is 26.9. The zero-order valence-corrected chi connectivity index (χ0v) is 21.4. The van der Waals surface area contributed by atoms with E-state index < -0.39 is 0 Å². The second-order valence-corrected chi connectivity index (χ2v) is 10.1. The van der Waals surface area contributed by atoms with E-state index in [0.717, 1.165) is 57.0 Å². The van der Waals surface area contributed by atoms with Gasteiger partial charge in [-0.2, -0.15) is 0 Å². The first-order valence-electron chi connectivity index (χ1n) is 13.1. The molecule has 4 rings (SSSR count). The summed E-state index contributed by atoms with van der Waals surface area (Å²) in [5.41, 5.74) is 6.93. The lowest BCUT2D eigenvalue weighted by molar-refractivity contribution is -0.131. The van der Waals surface area contributed by atoms with Crippen molar-refractivity contribution in [2.24, 2.45) is 17.6 Å². The molecule has 0 unspecified atom stereocenters. The molecule has 0 saturated carbocycles. The van der Waals surface area contributed by atoms with Crippen molar-refractivity contribution in [2.45, 2.75) is 44.9 Å². The Balaban J connectivity index is 0.00000324. The van der Waals surface area contributed by atoms with Gasteiger partial charge in [-0.25, -0.2) is 0 Å². The lowest BCUT2D eigenvalue weighted by Gasteiger charge is -2.32. The zero-order chi connectivity index (χ0) is 22.9. The second kappa shape index (κ2) is 14.0. The topological polar surface area (TPSA) is 61.6 Å². The average molecular weight is 487 g/mol. The van der Waals surface area contributed by atoms with Crippen molar-refractivity contribution >= 4 is 29.1 Å². The average Bonchev–Trinajstić information content (AvgIpc) is 2.87. The number of benzene rings is 2. The monoisotopic (exact) mass is 486 g/mol. The molecular formula is C28H43ClN4O. The minimum Gasteiger partial charge on any atom is -0.342 e. The third-order valence-corrected chi connectivity index (χ3v) is 7.74. The molecule has 6 heteroatoms. The molecule has 2 aliphatic rings. The standard InChI is InChI=1S/C28H42N4O.ClH/c29-21-23-10-16-31(17-11-23)15-4-3-14-30-22-24-12-18-32(19-13-24)28(33)20-26-8-5-7-25-6-1-2-9-27(25)26;/h1-2,5-9,23-24,30H,3-4,10-22,29H2;1H. The molecule has 34 heavy (non-hydrogen) atoms. The molecule has 3 N–H and O–H groups in total. The number of carbonyl (C=O) groups is 1. The predicted molar refractivity (Wildman–Crippen MR) is 145 cm³/mol. The van der Waals surface area contributed by atoms with Gasteiger partial charge in [0.1, 0.15) is 0 Å². The van der Waals surface area contributed by atoms with Crippen LogP contribution in [-0.2, 0) is 11.2 Å². The summed E-state index contributed by atoms with van der Waals surface area (Å²) in [7, 11) is 0. The van der Waals surface area contributed by atoms with Crippen molar-refractivity contribution in [1.82, 2.24) is 15.1 Å². The van der Waals surface area contributed by atoms with E-state index in [4.69, 9.17) is 5.73 Å². The summed E-state index contributed by atoms with van der Waals surface area (Å²) >= 11 is 0. The Morgan fingerprint density at radius 1 is 0.912 bits per heavy atom. The smallest absolute Gasteiger partial charge is 0.227 e. The van der Waals surface area contributed by atoms with Gasteiger partial charge in [-0.1, -0.05) is 42.5 Å². The quantitative estimate of drug-likeness (QED) is 0.497. The summed E-state index contributed by atoms with van der Waals surface area (Å²) in [5.74, 6) is 1.72. The fourth-order valence-electron chi connectivity index (χ4n) is 5.45. The van der Waals surface area contributed by atoms with Crippen LogP contribution in [0.2, 0.25) is 0 Å². The number of likely N-dealkylation sites (tertiary alicyclic amines) is 2. The number of carbonyl (C=O) groups excluding carboxylic acids is 1. The SMILES string of the molecule is Cl.NCC1CCN(CCCCNCC2CCN(C(=O)Cc3cccc4ccccc34)CC2)CC1. The van der Waals surface area contributed by atoms with E-state index in [2.05, 4.69) is 57.6 Å². The van der Waals surface area contributed by atoms with Crippen LogP contribution in [0.5, 0.6) is 0 Å². The second-order valence-electron chi connectivity index (χ2n) is 10.1. The molecule has 0 bridgehead atoms. The van der Waals surface area contributed by atoms with E-state index in [1.807, 2.05) is 0 Å². The number of halogens is 1. The molecule has 2 aromatic rings. The van der Waals surface area contributed by atoms with Gasteiger partial charge < -0.3 is 20.9 Å². The molecule has 1 amide bonds. The van der Waals surface area contributed by atoms with E-state index in [0.29, 0.717) is 12.3 Å². The van der Waals surface area contributed by atoms with Crippen LogP contribution in [0, 0.1) is 11.8 Å². The van der Waals surface area contributed by atoms with Crippen molar-refractivity contribution in [3.8, 4) is 0 Å². The normalized spacial score (nSPS) is 18.2. The number of hydrogen-bond acceptors (Lipinski definition) is 4. The van der Waals surface area contributed by atoms with E-state index >= 15 is 0 Å². The highest BCUT2D eigenvalue weighted by atomic mass is 35.5. The molecule has 0 radical (unpaired) electrons. The van der Waals surface area contributed by atoms with Crippen LogP contribution in [0.3, 0.4) is 0 Å². The Kier molecular flexibility index (Phi) is 11.1. The summed E-state index contributed by atoms with van der Waals surface area (Å²) in [6, 6.07) is 14.6. The largest absolute Gasteiger partial charge is 0.342 e. The zero-order valence-electron chi connectivity index (χ0n) is 20.6. The summed E-state index contributed by atoms with van der Waals surface area (Å²) in [6.45, 7) is 8.54. The molecule has 2 heterocycles. The Hall–Kier alpha value is -1.66. The molecule has 188 valence electrons. The van der Waals surface area contributed by atoms with Crippen LogP contribution in [0.1, 0.15) is 44.1 Å². The van der Waals surface area contributed by atoms with Gasteiger partial charge in [0.25, 0.3) is 0 Å². The van der Waals surface area contributed by atoms with E-state index in [-0.39, 0.29) is 18.3 Å². The summed E-state index contributed by atoms with van der Waals surface area (Å²) in [5, 5.41) is 6.09. The number of unbranched alkanes of at least 4 members (excludes halogenated alkanes) is 1. The van der Waals surface area contributed by atoms with Crippen LogP contribution < -0.4 is 11.1 Å². The highest BCUT2D eigenvalue weighted by molar-refractivity contribution is 5.90. The Morgan fingerprint density at radius 3 is 2.38 bits per heavy atom. The van der Waals surface area contributed by atoms with Crippen molar-refractivity contribution < 1.29 is 4.79 Å². The fraction of sp³-hybridized carbons (Fsp3) is 0.607. The van der Waals surface area contributed by atoms with Crippen molar-refractivity contribution in [1.29, 1.82) is 0 Å². The first-order chi connectivity index (χ1) is 16.2. The van der Waals surface area contributed by atoms with Gasteiger partial charge in [-0.3, -0.25) is 4.79 Å². The highest BCUT2D eigenvalue weighted by Crippen LogP contribution is 2.22. The van der Waals surface area contributed by atoms with Crippen LogP contribution in [-0.4, -0.2) is 68.1 Å². The third-order valence-electron chi connectivity index (χ3n) is 7.74. The molecular weight excluding hydrogens is 444 g/mol. The van der Waals surface area contributed by atoms with E-state index in [1.165, 1.54) is 56.1 Å². The lowest BCUT2D eigenvalue weighted by atomic mass is 9.95. The maximum Gasteiger partial charge on any atom is 0.227 e. The van der Waals surface area contributed by atoms with Crippen molar-refractivity contribution in [3.05, 3.63) is 48.0 Å². The summed E-state index contributed by atoms with van der Waals surface area (Å²) in [4.78, 5) is 17.6. The van der Waals surface area contributed by atoms with Gasteiger partial charge in [-0.05, 0) is 106 Å². The molecule has 2 fully saturated rings. The van der Waals surface area contributed by atoms with Crippen molar-refractivity contribution in [2.75, 3.05) is 52.4 Å². The Morgan fingerprint density at radius 2 is 1.62 bits per heavy atom. The van der Waals surface area contributed by atoms with Crippen LogP contribution in [0.25, 0.3) is 10.8 Å². The number of nitrogens with one attached hydrogen (secondary N) is 1. The molecule has 0 spiro atoms. The number of rotatable bonds is 10. The van der Waals surface area contributed by atoms with Gasteiger partial charge in [0.15, 0.2) is 0 Å². The van der Waals surface area contributed by atoms with Crippen LogP contribution in [0.4, 0.5) is 0 Å². The van der Waals surface area contributed by atoms with Crippen LogP contribution >= 0.6 is 12.4 Å². The van der Waals surface area contributed by atoms with Gasteiger partial charge in [0, 0.05) is 13.1 Å².